The van der Waals surface area contributed by atoms with Gasteiger partial charge in [-0.15, -0.1) is 0 Å². The first-order valence-corrected chi connectivity index (χ1v) is 9.47. The van der Waals surface area contributed by atoms with E-state index < -0.39 is 0 Å². The van der Waals surface area contributed by atoms with E-state index >= 15 is 0 Å². The zero-order chi connectivity index (χ0) is 17.1. The maximum atomic E-state index is 6.06. The quantitative estimate of drug-likeness (QED) is 0.680. The first kappa shape index (κ1) is 16.4. The van der Waals surface area contributed by atoms with E-state index in [1.54, 1.807) is 0 Å². The van der Waals surface area contributed by atoms with Crippen molar-refractivity contribution in [3.63, 3.8) is 0 Å². The fourth-order valence-corrected chi connectivity index (χ4v) is 4.01. The molecule has 1 fully saturated rings. The van der Waals surface area contributed by atoms with Crippen LogP contribution in [0.25, 0.3) is 10.9 Å². The van der Waals surface area contributed by atoms with Crippen LogP contribution >= 0.6 is 11.6 Å². The highest BCUT2D eigenvalue weighted by molar-refractivity contribution is 6.31. The Balaban J connectivity index is 1.44. The summed E-state index contributed by atoms with van der Waals surface area (Å²) in [6.45, 7) is 1.78. The number of nitrogens with one attached hydrogen (secondary N) is 1. The number of hydrogen-bond donors (Lipinski definition) is 1. The van der Waals surface area contributed by atoms with Gasteiger partial charge in [-0.1, -0.05) is 30.9 Å². The Morgan fingerprint density at radius 3 is 2.92 bits per heavy atom. The smallest absolute Gasteiger partial charge is 0.0948 e. The molecule has 0 aliphatic heterocycles. The minimum atomic E-state index is 0.681. The lowest BCUT2D eigenvalue weighted by molar-refractivity contribution is 0.424. The molecule has 1 N–H and O–H groups in total. The van der Waals surface area contributed by atoms with Crippen LogP contribution in [-0.2, 0) is 6.54 Å². The van der Waals surface area contributed by atoms with Crippen molar-refractivity contribution >= 4 is 28.2 Å². The summed E-state index contributed by atoms with van der Waals surface area (Å²) in [7, 11) is 0. The molecule has 0 saturated heterocycles. The first-order chi connectivity index (χ1) is 12.3. The Morgan fingerprint density at radius 1 is 1.16 bits per heavy atom. The molecule has 1 aromatic carbocycles. The molecule has 1 aliphatic rings. The number of anilines is 1. The third kappa shape index (κ3) is 3.64. The van der Waals surface area contributed by atoms with E-state index in [9.17, 15) is 0 Å². The van der Waals surface area contributed by atoms with Gasteiger partial charge in [0.1, 0.15) is 0 Å². The molecule has 0 spiro atoms. The molecule has 2 aromatic heterocycles. The number of fused-ring (bicyclic) bond motifs is 1. The highest BCUT2D eigenvalue weighted by Crippen LogP contribution is 2.32. The van der Waals surface area contributed by atoms with Gasteiger partial charge < -0.3 is 9.88 Å². The summed E-state index contributed by atoms with van der Waals surface area (Å²) in [5, 5.41) is 5.36. The van der Waals surface area contributed by atoms with Crippen molar-refractivity contribution in [1.29, 1.82) is 0 Å². The Hall–Kier alpha value is -2.07. The van der Waals surface area contributed by atoms with Gasteiger partial charge in [-0.2, -0.15) is 0 Å². The Morgan fingerprint density at radius 2 is 2.04 bits per heavy atom. The normalized spacial score (nSPS) is 15.6. The molecule has 5 heteroatoms. The summed E-state index contributed by atoms with van der Waals surface area (Å²) < 4.78 is 2.31. The lowest BCUT2D eigenvalue weighted by atomic mass is 9.87. The van der Waals surface area contributed by atoms with Gasteiger partial charge in [0.2, 0.25) is 0 Å². The molecule has 1 saturated carbocycles. The number of hydrogen-bond acceptors (Lipinski definition) is 3. The minimum absolute atomic E-state index is 0.681. The van der Waals surface area contributed by atoms with E-state index in [2.05, 4.69) is 26.0 Å². The SMILES string of the molecule is Clc1ccc2c(NCCn3cncc3C3CCCCC3)ccnc2c1. The van der Waals surface area contributed by atoms with Crippen LogP contribution in [0, 0.1) is 0 Å². The van der Waals surface area contributed by atoms with Crippen molar-refractivity contribution in [2.75, 3.05) is 11.9 Å². The first-order valence-electron chi connectivity index (χ1n) is 9.09. The van der Waals surface area contributed by atoms with Crippen LogP contribution in [0.1, 0.15) is 43.7 Å². The second-order valence-electron chi connectivity index (χ2n) is 6.79. The summed E-state index contributed by atoms with van der Waals surface area (Å²) in [5.74, 6) is 0.681. The molecule has 0 atom stereocenters. The number of nitrogens with zero attached hydrogens (tertiary/aromatic N) is 3. The molecule has 0 amide bonds. The molecule has 0 radical (unpaired) electrons. The van der Waals surface area contributed by atoms with Crippen LogP contribution in [0.15, 0.2) is 43.0 Å². The molecule has 2 heterocycles. The summed E-state index contributed by atoms with van der Waals surface area (Å²) in [5.41, 5.74) is 3.41. The zero-order valence-corrected chi connectivity index (χ0v) is 15.0. The van der Waals surface area contributed by atoms with Crippen molar-refractivity contribution in [2.45, 2.75) is 44.6 Å². The Kier molecular flexibility index (Phi) is 4.88. The topological polar surface area (TPSA) is 42.7 Å². The maximum absolute atomic E-state index is 6.06. The number of halogens is 1. The zero-order valence-electron chi connectivity index (χ0n) is 14.3. The predicted molar refractivity (Wildman–Crippen MR) is 103 cm³/mol. The van der Waals surface area contributed by atoms with Gasteiger partial charge in [0, 0.05) is 53.2 Å². The summed E-state index contributed by atoms with van der Waals surface area (Å²) >= 11 is 6.06. The maximum Gasteiger partial charge on any atom is 0.0948 e. The van der Waals surface area contributed by atoms with Gasteiger partial charge in [-0.05, 0) is 37.1 Å². The van der Waals surface area contributed by atoms with Gasteiger partial charge in [0.15, 0.2) is 0 Å². The van der Waals surface area contributed by atoms with E-state index in [-0.39, 0.29) is 0 Å². The third-order valence-electron chi connectivity index (χ3n) is 5.14. The van der Waals surface area contributed by atoms with Crippen molar-refractivity contribution in [3.05, 3.63) is 53.7 Å². The van der Waals surface area contributed by atoms with Crippen LogP contribution in [0.2, 0.25) is 5.02 Å². The highest BCUT2D eigenvalue weighted by Gasteiger charge is 2.18. The van der Waals surface area contributed by atoms with Crippen LogP contribution in [0.5, 0.6) is 0 Å². The van der Waals surface area contributed by atoms with E-state index in [0.717, 1.165) is 29.7 Å². The second kappa shape index (κ2) is 7.44. The van der Waals surface area contributed by atoms with Crippen molar-refractivity contribution in [1.82, 2.24) is 14.5 Å². The lowest BCUT2D eigenvalue weighted by Gasteiger charge is -2.23. The van der Waals surface area contributed by atoms with E-state index in [1.165, 1.54) is 37.8 Å². The number of pyridine rings is 1. The van der Waals surface area contributed by atoms with Gasteiger partial charge >= 0.3 is 0 Å². The summed E-state index contributed by atoms with van der Waals surface area (Å²) in [6.07, 6.45) is 12.5. The van der Waals surface area contributed by atoms with Crippen molar-refractivity contribution in [2.24, 2.45) is 0 Å². The molecule has 0 unspecified atom stereocenters. The van der Waals surface area contributed by atoms with Gasteiger partial charge in [-0.3, -0.25) is 4.98 Å². The molecule has 0 bridgehead atoms. The molecular formula is C20H23ClN4. The van der Waals surface area contributed by atoms with Gasteiger partial charge in [0.25, 0.3) is 0 Å². The molecule has 4 nitrogen and oxygen atoms in total. The molecule has 25 heavy (non-hydrogen) atoms. The monoisotopic (exact) mass is 354 g/mol. The van der Waals surface area contributed by atoms with E-state index in [4.69, 9.17) is 11.6 Å². The van der Waals surface area contributed by atoms with Crippen LogP contribution in [0.3, 0.4) is 0 Å². The largest absolute Gasteiger partial charge is 0.383 e. The van der Waals surface area contributed by atoms with E-state index in [0.29, 0.717) is 10.9 Å². The van der Waals surface area contributed by atoms with Crippen molar-refractivity contribution in [3.8, 4) is 0 Å². The predicted octanol–water partition coefficient (Wildman–Crippen LogP) is 5.24. The second-order valence-corrected chi connectivity index (χ2v) is 7.23. The average molecular weight is 355 g/mol. The lowest BCUT2D eigenvalue weighted by Crippen LogP contribution is -2.15. The van der Waals surface area contributed by atoms with Crippen molar-refractivity contribution < 1.29 is 0 Å². The molecule has 130 valence electrons. The fourth-order valence-electron chi connectivity index (χ4n) is 3.84. The number of imidazole rings is 1. The molecule has 1 aliphatic carbocycles. The fraction of sp³-hybridized carbons (Fsp3) is 0.400. The number of aromatic nitrogens is 3. The standard InChI is InChI=1S/C20H23ClN4/c21-16-6-7-17-18(8-9-23-19(17)12-16)24-10-11-25-14-22-13-20(25)15-4-2-1-3-5-15/h6-9,12-15H,1-5,10-11H2,(H,23,24). The van der Waals surface area contributed by atoms with E-state index in [1.807, 2.05) is 36.8 Å². The average Bonchev–Trinajstić information content (AvgIpc) is 3.11. The van der Waals surface area contributed by atoms with Crippen LogP contribution in [0.4, 0.5) is 5.69 Å². The third-order valence-corrected chi connectivity index (χ3v) is 5.38. The van der Waals surface area contributed by atoms with Gasteiger partial charge in [-0.25, -0.2) is 4.98 Å². The minimum Gasteiger partial charge on any atom is -0.383 e. The summed E-state index contributed by atoms with van der Waals surface area (Å²) in [6, 6.07) is 7.86. The summed E-state index contributed by atoms with van der Waals surface area (Å²) in [4.78, 5) is 8.79. The van der Waals surface area contributed by atoms with Crippen LogP contribution in [-0.4, -0.2) is 21.1 Å². The Labute approximate surface area is 153 Å². The molecule has 3 aromatic rings. The number of rotatable bonds is 5. The Bertz CT molecular complexity index is 852. The molecular weight excluding hydrogens is 332 g/mol. The van der Waals surface area contributed by atoms with Crippen LogP contribution < -0.4 is 5.32 Å². The molecule has 4 rings (SSSR count). The number of benzene rings is 1. The highest BCUT2D eigenvalue weighted by atomic mass is 35.5. The van der Waals surface area contributed by atoms with Gasteiger partial charge in [0.05, 0.1) is 11.8 Å².